The van der Waals surface area contributed by atoms with Gasteiger partial charge in [0.05, 0.1) is 18.6 Å². The summed E-state index contributed by atoms with van der Waals surface area (Å²) in [4.78, 5) is 22.4. The van der Waals surface area contributed by atoms with Gasteiger partial charge in [0.1, 0.15) is 5.75 Å². The Hall–Kier alpha value is -3.81. The van der Waals surface area contributed by atoms with Crippen molar-refractivity contribution >= 4 is 11.9 Å². The molecule has 0 aromatic heterocycles. The third kappa shape index (κ3) is 8.17. The third-order valence-electron chi connectivity index (χ3n) is 5.37. The molecular formula is C27H26F3NO4. The molecule has 0 spiro atoms. The van der Waals surface area contributed by atoms with Crippen molar-refractivity contribution in [3.8, 4) is 16.9 Å². The molecule has 1 amide bonds. The molecule has 0 atom stereocenters. The van der Waals surface area contributed by atoms with E-state index in [4.69, 9.17) is 9.84 Å². The van der Waals surface area contributed by atoms with Gasteiger partial charge >= 0.3 is 12.1 Å². The summed E-state index contributed by atoms with van der Waals surface area (Å²) in [5.41, 5.74) is 2.52. The lowest BCUT2D eigenvalue weighted by Gasteiger charge is -2.09. The van der Waals surface area contributed by atoms with Gasteiger partial charge in [-0.1, -0.05) is 36.4 Å². The summed E-state index contributed by atoms with van der Waals surface area (Å²) in [6, 6.07) is 19.6. The number of carboxylic acids is 1. The zero-order chi connectivity index (χ0) is 25.3. The number of aliphatic carboxylic acids is 1. The molecule has 2 N–H and O–H groups in total. The fourth-order valence-electron chi connectivity index (χ4n) is 3.42. The van der Waals surface area contributed by atoms with Crippen LogP contribution in [0.5, 0.6) is 5.75 Å². The molecule has 5 nitrogen and oxygen atoms in total. The molecule has 0 aliphatic rings. The van der Waals surface area contributed by atoms with E-state index >= 15 is 0 Å². The third-order valence-corrected chi connectivity index (χ3v) is 5.37. The summed E-state index contributed by atoms with van der Waals surface area (Å²) in [5.74, 6) is -0.653. The minimum atomic E-state index is -4.34. The highest BCUT2D eigenvalue weighted by Gasteiger charge is 2.29. The molecule has 0 saturated carbocycles. The number of hydrogen-bond acceptors (Lipinski definition) is 3. The van der Waals surface area contributed by atoms with E-state index in [1.807, 2.05) is 24.3 Å². The molecule has 0 aliphatic carbocycles. The fourth-order valence-corrected chi connectivity index (χ4v) is 3.42. The molecule has 0 unspecified atom stereocenters. The summed E-state index contributed by atoms with van der Waals surface area (Å²) in [6.45, 7) is 0.595. The smallest absolute Gasteiger partial charge is 0.416 e. The van der Waals surface area contributed by atoms with Crippen molar-refractivity contribution in [2.24, 2.45) is 0 Å². The quantitative estimate of drug-likeness (QED) is 0.328. The highest BCUT2D eigenvalue weighted by molar-refractivity contribution is 5.94. The van der Waals surface area contributed by atoms with E-state index < -0.39 is 17.7 Å². The number of unbranched alkanes of at least 4 members (excludes halogenated alkanes) is 1. The Morgan fingerprint density at radius 2 is 1.43 bits per heavy atom. The molecule has 0 heterocycles. The number of carbonyl (C=O) groups is 2. The molecule has 3 rings (SSSR count). The van der Waals surface area contributed by atoms with Crippen molar-refractivity contribution in [3.05, 3.63) is 89.5 Å². The van der Waals surface area contributed by atoms with E-state index in [1.54, 1.807) is 24.3 Å². The van der Waals surface area contributed by atoms with Crippen LogP contribution >= 0.6 is 0 Å². The summed E-state index contributed by atoms with van der Waals surface area (Å²) in [6.07, 6.45) is -1.87. The Balaban J connectivity index is 1.38. The molecule has 0 aliphatic heterocycles. The van der Waals surface area contributed by atoms with Crippen LogP contribution in [0.15, 0.2) is 72.8 Å². The summed E-state index contributed by atoms with van der Waals surface area (Å²) in [7, 11) is 0. The van der Waals surface area contributed by atoms with E-state index in [0.717, 1.165) is 48.1 Å². The van der Waals surface area contributed by atoms with Gasteiger partial charge in [-0.25, -0.2) is 0 Å². The first kappa shape index (κ1) is 25.8. The van der Waals surface area contributed by atoms with Crippen LogP contribution in [0.3, 0.4) is 0 Å². The van der Waals surface area contributed by atoms with Crippen molar-refractivity contribution < 1.29 is 32.6 Å². The van der Waals surface area contributed by atoms with Crippen molar-refractivity contribution in [1.29, 1.82) is 0 Å². The highest BCUT2D eigenvalue weighted by Crippen LogP contribution is 2.31. The van der Waals surface area contributed by atoms with Crippen LogP contribution in [0.4, 0.5) is 13.2 Å². The number of carbonyl (C=O) groups excluding carboxylic acids is 1. The van der Waals surface area contributed by atoms with Crippen LogP contribution in [0.25, 0.3) is 11.1 Å². The molecule has 184 valence electrons. The molecule has 0 saturated heterocycles. The van der Waals surface area contributed by atoms with Crippen molar-refractivity contribution in [3.63, 3.8) is 0 Å². The Bertz CT molecular complexity index is 1110. The Kier molecular flexibility index (Phi) is 8.89. The first-order valence-corrected chi connectivity index (χ1v) is 11.2. The molecular weight excluding hydrogens is 459 g/mol. The number of alkyl halides is 3. The zero-order valence-corrected chi connectivity index (χ0v) is 19.0. The monoisotopic (exact) mass is 485 g/mol. The van der Waals surface area contributed by atoms with Gasteiger partial charge in [0.15, 0.2) is 0 Å². The van der Waals surface area contributed by atoms with Crippen LogP contribution in [0.2, 0.25) is 0 Å². The largest absolute Gasteiger partial charge is 0.494 e. The van der Waals surface area contributed by atoms with Crippen molar-refractivity contribution in [2.45, 2.75) is 31.9 Å². The summed E-state index contributed by atoms with van der Waals surface area (Å²) < 4.78 is 43.8. The molecule has 0 bridgehead atoms. The van der Waals surface area contributed by atoms with Gasteiger partial charge in [-0.2, -0.15) is 13.2 Å². The lowest BCUT2D eigenvalue weighted by Crippen LogP contribution is -2.25. The van der Waals surface area contributed by atoms with E-state index in [1.165, 1.54) is 12.1 Å². The second kappa shape index (κ2) is 12.1. The maximum absolute atomic E-state index is 12.7. The van der Waals surface area contributed by atoms with Crippen LogP contribution in [-0.4, -0.2) is 30.1 Å². The van der Waals surface area contributed by atoms with Crippen molar-refractivity contribution in [1.82, 2.24) is 5.32 Å². The first-order chi connectivity index (χ1) is 16.7. The van der Waals surface area contributed by atoms with Crippen LogP contribution in [0.1, 0.15) is 40.7 Å². The van der Waals surface area contributed by atoms with E-state index in [9.17, 15) is 22.8 Å². The van der Waals surface area contributed by atoms with E-state index in [-0.39, 0.29) is 18.9 Å². The number of halogens is 3. The van der Waals surface area contributed by atoms with Crippen LogP contribution in [-0.2, 0) is 17.4 Å². The van der Waals surface area contributed by atoms with Gasteiger partial charge in [-0.3, -0.25) is 9.59 Å². The summed E-state index contributed by atoms with van der Waals surface area (Å²) >= 11 is 0. The zero-order valence-electron chi connectivity index (χ0n) is 19.0. The first-order valence-electron chi connectivity index (χ1n) is 11.2. The Morgan fingerprint density at radius 3 is 2.00 bits per heavy atom. The molecule has 0 fully saturated rings. The lowest BCUT2D eigenvalue weighted by atomic mass is 10.0. The van der Waals surface area contributed by atoms with Gasteiger partial charge in [0.2, 0.25) is 0 Å². The topological polar surface area (TPSA) is 75.6 Å². The van der Waals surface area contributed by atoms with Crippen LogP contribution in [0, 0.1) is 0 Å². The molecule has 0 radical (unpaired) electrons. The Labute approximate surface area is 201 Å². The average molecular weight is 486 g/mol. The standard InChI is InChI=1S/C27H26F3NO4/c28-27(29,30)23-12-8-21(9-13-23)20-6-4-19(5-7-20)3-1-2-18-35-24-14-10-22(11-15-24)26(34)31-17-16-25(32)33/h4-15H,1-3,16-18H2,(H,31,34)(H,32,33). The Morgan fingerprint density at radius 1 is 0.829 bits per heavy atom. The van der Waals surface area contributed by atoms with Gasteiger partial charge in [0.25, 0.3) is 5.91 Å². The number of benzene rings is 3. The number of ether oxygens (including phenoxy) is 1. The van der Waals surface area contributed by atoms with Crippen LogP contribution < -0.4 is 10.1 Å². The number of amides is 1. The highest BCUT2D eigenvalue weighted by atomic mass is 19.4. The molecule has 3 aromatic rings. The lowest BCUT2D eigenvalue weighted by molar-refractivity contribution is -0.138. The summed E-state index contributed by atoms with van der Waals surface area (Å²) in [5, 5.41) is 11.1. The van der Waals surface area contributed by atoms with Gasteiger partial charge in [-0.05, 0) is 72.4 Å². The number of hydrogen-bond donors (Lipinski definition) is 2. The van der Waals surface area contributed by atoms with Crippen molar-refractivity contribution in [2.75, 3.05) is 13.2 Å². The van der Waals surface area contributed by atoms with Gasteiger partial charge < -0.3 is 15.2 Å². The molecule has 3 aromatic carbocycles. The fraction of sp³-hybridized carbons (Fsp3) is 0.259. The minimum Gasteiger partial charge on any atom is -0.494 e. The number of aryl methyl sites for hydroxylation is 1. The maximum Gasteiger partial charge on any atom is 0.416 e. The normalized spacial score (nSPS) is 11.2. The number of carboxylic acid groups (broad SMARTS) is 1. The predicted octanol–water partition coefficient (Wildman–Crippen LogP) is 5.98. The van der Waals surface area contributed by atoms with Gasteiger partial charge in [0, 0.05) is 12.1 Å². The number of nitrogens with one attached hydrogen (secondary N) is 1. The SMILES string of the molecule is O=C(O)CCNC(=O)c1ccc(OCCCCc2ccc(-c3ccc(C(F)(F)F)cc3)cc2)cc1. The molecule has 8 heteroatoms. The second-order valence-electron chi connectivity index (χ2n) is 8.00. The van der Waals surface area contributed by atoms with E-state index in [2.05, 4.69) is 5.32 Å². The maximum atomic E-state index is 12.7. The minimum absolute atomic E-state index is 0.0736. The second-order valence-corrected chi connectivity index (χ2v) is 8.00. The van der Waals surface area contributed by atoms with Gasteiger partial charge in [-0.15, -0.1) is 0 Å². The number of rotatable bonds is 11. The molecule has 35 heavy (non-hydrogen) atoms. The predicted molar refractivity (Wildman–Crippen MR) is 126 cm³/mol. The van der Waals surface area contributed by atoms with E-state index in [0.29, 0.717) is 17.9 Å². The average Bonchev–Trinajstić information content (AvgIpc) is 2.84.